The van der Waals surface area contributed by atoms with Crippen LogP contribution in [-0.2, 0) is 19.4 Å². The summed E-state index contributed by atoms with van der Waals surface area (Å²) in [5.74, 6) is -0.717. The monoisotopic (exact) mass is 317 g/mol. The highest BCUT2D eigenvalue weighted by atomic mass is 32.2. The molecule has 0 bridgehead atoms. The zero-order valence-corrected chi connectivity index (χ0v) is 12.0. The molecule has 1 aliphatic rings. The Morgan fingerprint density at radius 3 is 2.50 bits per heavy atom. The van der Waals surface area contributed by atoms with Crippen LogP contribution in [0.5, 0.6) is 0 Å². The fourth-order valence-corrected chi connectivity index (χ4v) is 3.84. The molecule has 0 aliphatic carbocycles. The normalized spacial score (nSPS) is 21.9. The van der Waals surface area contributed by atoms with Gasteiger partial charge in [0.05, 0.1) is 11.5 Å². The van der Waals surface area contributed by atoms with Gasteiger partial charge in [-0.2, -0.15) is 13.2 Å². The maximum atomic E-state index is 11.9. The van der Waals surface area contributed by atoms with Crippen LogP contribution in [-0.4, -0.2) is 62.7 Å². The third kappa shape index (κ3) is 5.66. The van der Waals surface area contributed by atoms with E-state index in [1.807, 2.05) is 0 Å². The second-order valence-corrected chi connectivity index (χ2v) is 6.98. The lowest BCUT2D eigenvalue weighted by atomic mass is 10.2. The molecule has 1 atom stereocenters. The van der Waals surface area contributed by atoms with Gasteiger partial charge in [-0.25, -0.2) is 8.42 Å². The minimum atomic E-state index is -4.48. The van der Waals surface area contributed by atoms with Crippen molar-refractivity contribution in [3.8, 4) is 0 Å². The molecule has 0 spiro atoms. The van der Waals surface area contributed by atoms with Crippen molar-refractivity contribution in [2.45, 2.75) is 32.0 Å². The Morgan fingerprint density at radius 2 is 2.05 bits per heavy atom. The Bertz CT molecular complexity index is 435. The van der Waals surface area contributed by atoms with Gasteiger partial charge in [-0.3, -0.25) is 4.79 Å². The van der Waals surface area contributed by atoms with E-state index < -0.39 is 41.2 Å². The lowest BCUT2D eigenvalue weighted by Gasteiger charge is -2.27. The predicted octanol–water partition coefficient (Wildman–Crippen LogP) is 0.991. The molecule has 1 rings (SSSR count). The molecule has 1 fully saturated rings. The molecule has 1 aliphatic heterocycles. The number of nitrogens with zero attached hydrogens (tertiary/aromatic N) is 1. The van der Waals surface area contributed by atoms with Crippen molar-refractivity contribution in [1.29, 1.82) is 0 Å². The summed E-state index contributed by atoms with van der Waals surface area (Å²) in [4.78, 5) is 13.2. The van der Waals surface area contributed by atoms with Crippen molar-refractivity contribution in [1.82, 2.24) is 4.90 Å². The molecule has 0 N–H and O–H groups in total. The van der Waals surface area contributed by atoms with E-state index in [1.165, 1.54) is 4.90 Å². The van der Waals surface area contributed by atoms with Crippen molar-refractivity contribution in [3.05, 3.63) is 0 Å². The standard InChI is InChI=1S/C11H18F3NO4S/c1-2-4-15(9-3-5-20(17,18)7-9)10(16)6-19-8-11(12,13)14/h9H,2-8H2,1H3. The number of halogens is 3. The van der Waals surface area contributed by atoms with Gasteiger partial charge in [0.15, 0.2) is 9.84 Å². The number of carbonyl (C=O) groups excluding carboxylic acids is 1. The first-order chi connectivity index (χ1) is 9.14. The van der Waals surface area contributed by atoms with Crippen LogP contribution in [0, 0.1) is 0 Å². The maximum Gasteiger partial charge on any atom is 0.411 e. The second kappa shape index (κ2) is 6.75. The Labute approximate surface area is 116 Å². The summed E-state index contributed by atoms with van der Waals surface area (Å²) in [6.45, 7) is -0.0492. The maximum absolute atomic E-state index is 11.9. The number of hydrogen-bond donors (Lipinski definition) is 0. The van der Waals surface area contributed by atoms with Crippen molar-refractivity contribution in [2.75, 3.05) is 31.3 Å². The fraction of sp³-hybridized carbons (Fsp3) is 0.909. The van der Waals surface area contributed by atoms with Crippen LogP contribution in [0.2, 0.25) is 0 Å². The Kier molecular flexibility index (Phi) is 5.81. The molecule has 1 amide bonds. The highest BCUT2D eigenvalue weighted by molar-refractivity contribution is 7.91. The molecule has 118 valence electrons. The highest BCUT2D eigenvalue weighted by Crippen LogP contribution is 2.19. The minimum absolute atomic E-state index is 0.00850. The van der Waals surface area contributed by atoms with Crippen molar-refractivity contribution < 1.29 is 31.1 Å². The van der Waals surface area contributed by atoms with E-state index in [4.69, 9.17) is 0 Å². The van der Waals surface area contributed by atoms with Crippen LogP contribution in [0.3, 0.4) is 0 Å². The van der Waals surface area contributed by atoms with Gasteiger partial charge in [0.2, 0.25) is 5.91 Å². The van der Waals surface area contributed by atoms with Gasteiger partial charge in [-0.05, 0) is 12.8 Å². The lowest BCUT2D eigenvalue weighted by Crippen LogP contribution is -2.43. The summed E-state index contributed by atoms with van der Waals surface area (Å²) in [6, 6.07) is -0.457. The third-order valence-corrected chi connectivity index (χ3v) is 4.68. The van der Waals surface area contributed by atoms with E-state index in [1.54, 1.807) is 6.92 Å². The number of amides is 1. The van der Waals surface area contributed by atoms with E-state index in [-0.39, 0.29) is 11.5 Å². The van der Waals surface area contributed by atoms with Crippen LogP contribution in [0.25, 0.3) is 0 Å². The van der Waals surface area contributed by atoms with Crippen LogP contribution < -0.4 is 0 Å². The second-order valence-electron chi connectivity index (χ2n) is 4.75. The van der Waals surface area contributed by atoms with E-state index >= 15 is 0 Å². The first kappa shape index (κ1) is 17.2. The molecule has 0 radical (unpaired) electrons. The van der Waals surface area contributed by atoms with Crippen LogP contribution in [0.4, 0.5) is 13.2 Å². The van der Waals surface area contributed by atoms with Gasteiger partial charge in [0.1, 0.15) is 13.2 Å². The van der Waals surface area contributed by atoms with E-state index in [2.05, 4.69) is 4.74 Å². The Balaban J connectivity index is 2.55. The first-order valence-corrected chi connectivity index (χ1v) is 8.11. The number of hydrogen-bond acceptors (Lipinski definition) is 4. The molecule has 1 unspecified atom stereocenters. The molecule has 9 heteroatoms. The average Bonchev–Trinajstić information content (AvgIpc) is 2.64. The fourth-order valence-electron chi connectivity index (χ4n) is 2.11. The molecule has 1 saturated heterocycles. The van der Waals surface area contributed by atoms with Crippen molar-refractivity contribution >= 4 is 15.7 Å². The smallest absolute Gasteiger partial charge is 0.362 e. The molecule has 5 nitrogen and oxygen atoms in total. The quantitative estimate of drug-likeness (QED) is 0.733. The van der Waals surface area contributed by atoms with Gasteiger partial charge < -0.3 is 9.64 Å². The summed E-state index contributed by atoms with van der Waals surface area (Å²) in [5.41, 5.74) is 0. The Morgan fingerprint density at radius 1 is 1.40 bits per heavy atom. The zero-order valence-electron chi connectivity index (χ0n) is 11.1. The summed E-state index contributed by atoms with van der Waals surface area (Å²) >= 11 is 0. The summed E-state index contributed by atoms with van der Waals surface area (Å²) < 4.78 is 62.9. The number of sulfone groups is 1. The van der Waals surface area contributed by atoms with Gasteiger partial charge in [0, 0.05) is 12.6 Å². The third-order valence-electron chi connectivity index (χ3n) is 2.93. The topological polar surface area (TPSA) is 63.7 Å². The van der Waals surface area contributed by atoms with Crippen LogP contribution >= 0.6 is 0 Å². The average molecular weight is 317 g/mol. The van der Waals surface area contributed by atoms with Crippen molar-refractivity contribution in [3.63, 3.8) is 0 Å². The largest absolute Gasteiger partial charge is 0.411 e. The number of carbonyl (C=O) groups is 1. The first-order valence-electron chi connectivity index (χ1n) is 6.29. The number of alkyl halides is 3. The molecule has 0 aromatic rings. The van der Waals surface area contributed by atoms with E-state index in [9.17, 15) is 26.4 Å². The molecule has 1 heterocycles. The molecule has 20 heavy (non-hydrogen) atoms. The van der Waals surface area contributed by atoms with E-state index in [0.717, 1.165) is 0 Å². The summed E-state index contributed by atoms with van der Waals surface area (Å²) in [6.07, 6.45) is -3.55. The predicted molar refractivity (Wildman–Crippen MR) is 65.9 cm³/mol. The highest BCUT2D eigenvalue weighted by Gasteiger charge is 2.34. The molecular weight excluding hydrogens is 299 g/mol. The SMILES string of the molecule is CCCN(C(=O)COCC(F)(F)F)C1CCS(=O)(=O)C1. The van der Waals surface area contributed by atoms with Crippen LogP contribution in [0.15, 0.2) is 0 Å². The zero-order chi connectivity index (χ0) is 15.4. The number of rotatable bonds is 6. The van der Waals surface area contributed by atoms with Gasteiger partial charge in [-0.15, -0.1) is 0 Å². The van der Waals surface area contributed by atoms with Gasteiger partial charge in [-0.1, -0.05) is 6.92 Å². The molecule has 0 aromatic heterocycles. The molecule has 0 saturated carbocycles. The minimum Gasteiger partial charge on any atom is -0.362 e. The lowest BCUT2D eigenvalue weighted by molar-refractivity contribution is -0.178. The van der Waals surface area contributed by atoms with Crippen LogP contribution in [0.1, 0.15) is 19.8 Å². The summed E-state index contributed by atoms with van der Waals surface area (Å²) in [7, 11) is -3.15. The number of ether oxygens (including phenoxy) is 1. The molecular formula is C11H18F3NO4S. The summed E-state index contributed by atoms with van der Waals surface area (Å²) in [5, 5.41) is 0. The van der Waals surface area contributed by atoms with Gasteiger partial charge >= 0.3 is 6.18 Å². The molecule has 0 aromatic carbocycles. The van der Waals surface area contributed by atoms with E-state index in [0.29, 0.717) is 19.4 Å². The van der Waals surface area contributed by atoms with Gasteiger partial charge in [0.25, 0.3) is 0 Å². The van der Waals surface area contributed by atoms with Crippen molar-refractivity contribution in [2.24, 2.45) is 0 Å². The Hall–Kier alpha value is -0.830.